The summed E-state index contributed by atoms with van der Waals surface area (Å²) in [4.78, 5) is 22.1. The van der Waals surface area contributed by atoms with Crippen LogP contribution in [-0.4, -0.2) is 11.6 Å². The molecule has 0 unspecified atom stereocenters. The predicted octanol–water partition coefficient (Wildman–Crippen LogP) is 6.35. The van der Waals surface area contributed by atoms with Crippen LogP contribution in [0.2, 0.25) is 0 Å². The number of ketones is 2. The average Bonchev–Trinajstić information content (AvgIpc) is 2.50. The van der Waals surface area contributed by atoms with Crippen molar-refractivity contribution in [1.82, 2.24) is 0 Å². The Morgan fingerprint density at radius 1 is 0.739 bits per heavy atom. The third-order valence-electron chi connectivity index (χ3n) is 3.85. The molecule has 132 valence electrons. The largest absolute Gasteiger partial charge is 0.300 e. The van der Waals surface area contributed by atoms with Crippen LogP contribution in [0.15, 0.2) is 24.3 Å². The van der Waals surface area contributed by atoms with Crippen molar-refractivity contribution >= 4 is 11.6 Å². The SMILES string of the molecule is CCCCCC=CCC=CCCCCCCCC(=O)CC(C)=O. The number of unbranched alkanes of at least 4 members (excludes halogenated alkanes) is 8. The highest BCUT2D eigenvalue weighted by Crippen LogP contribution is 2.09. The molecule has 0 bridgehead atoms. The molecule has 0 rings (SSSR count). The maximum absolute atomic E-state index is 11.4. The second kappa shape index (κ2) is 17.2. The van der Waals surface area contributed by atoms with Gasteiger partial charge in [0, 0.05) is 6.42 Å². The van der Waals surface area contributed by atoms with E-state index in [4.69, 9.17) is 0 Å². The fourth-order valence-electron chi connectivity index (χ4n) is 2.50. The lowest BCUT2D eigenvalue weighted by Crippen LogP contribution is -2.03. The summed E-state index contributed by atoms with van der Waals surface area (Å²) in [5.41, 5.74) is 0. The van der Waals surface area contributed by atoms with E-state index in [1.807, 2.05) is 0 Å². The van der Waals surface area contributed by atoms with Crippen LogP contribution in [0.4, 0.5) is 0 Å². The van der Waals surface area contributed by atoms with Crippen molar-refractivity contribution in [2.45, 2.75) is 97.3 Å². The van der Waals surface area contributed by atoms with E-state index < -0.39 is 0 Å². The van der Waals surface area contributed by atoms with Crippen LogP contribution in [0, 0.1) is 0 Å². The van der Waals surface area contributed by atoms with E-state index in [2.05, 4.69) is 31.2 Å². The van der Waals surface area contributed by atoms with E-state index in [9.17, 15) is 9.59 Å². The Morgan fingerprint density at radius 3 is 1.91 bits per heavy atom. The molecule has 0 atom stereocenters. The summed E-state index contributed by atoms with van der Waals surface area (Å²) in [5, 5.41) is 0. The zero-order valence-electron chi connectivity index (χ0n) is 15.3. The highest BCUT2D eigenvalue weighted by atomic mass is 16.1. The number of hydrogen-bond acceptors (Lipinski definition) is 2. The molecule has 0 aromatic carbocycles. The Labute approximate surface area is 143 Å². The topological polar surface area (TPSA) is 34.1 Å². The first-order chi connectivity index (χ1) is 11.2. The monoisotopic (exact) mass is 320 g/mol. The Balaban J connectivity index is 3.28. The van der Waals surface area contributed by atoms with E-state index in [1.54, 1.807) is 0 Å². The summed E-state index contributed by atoms with van der Waals surface area (Å²) in [6, 6.07) is 0. The summed E-state index contributed by atoms with van der Waals surface area (Å²) in [7, 11) is 0. The summed E-state index contributed by atoms with van der Waals surface area (Å²) >= 11 is 0. The molecule has 23 heavy (non-hydrogen) atoms. The van der Waals surface area contributed by atoms with Gasteiger partial charge in [0.1, 0.15) is 11.6 Å². The summed E-state index contributed by atoms with van der Waals surface area (Å²) in [6.45, 7) is 3.72. The molecule has 0 saturated carbocycles. The van der Waals surface area contributed by atoms with Crippen LogP contribution >= 0.6 is 0 Å². The zero-order chi connectivity index (χ0) is 17.2. The molecular weight excluding hydrogens is 284 g/mol. The minimum absolute atomic E-state index is 0.0161. The summed E-state index contributed by atoms with van der Waals surface area (Å²) in [5.74, 6) is 0.0840. The zero-order valence-corrected chi connectivity index (χ0v) is 15.3. The van der Waals surface area contributed by atoms with Gasteiger partial charge in [-0.3, -0.25) is 9.59 Å². The lowest BCUT2D eigenvalue weighted by Gasteiger charge is -2.00. The van der Waals surface area contributed by atoms with Crippen molar-refractivity contribution in [3.63, 3.8) is 0 Å². The number of hydrogen-bond donors (Lipinski definition) is 0. The Morgan fingerprint density at radius 2 is 1.30 bits per heavy atom. The lowest BCUT2D eigenvalue weighted by molar-refractivity contribution is -0.125. The van der Waals surface area contributed by atoms with Crippen molar-refractivity contribution in [2.75, 3.05) is 0 Å². The minimum Gasteiger partial charge on any atom is -0.300 e. The van der Waals surface area contributed by atoms with Gasteiger partial charge in [-0.1, -0.05) is 63.3 Å². The first-order valence-corrected chi connectivity index (χ1v) is 9.48. The molecule has 0 saturated heterocycles. The maximum atomic E-state index is 11.4. The van der Waals surface area contributed by atoms with Crippen LogP contribution in [0.1, 0.15) is 97.3 Å². The molecule has 0 radical (unpaired) electrons. The van der Waals surface area contributed by atoms with Crippen molar-refractivity contribution in [3.8, 4) is 0 Å². The maximum Gasteiger partial charge on any atom is 0.140 e. The van der Waals surface area contributed by atoms with Crippen molar-refractivity contribution in [2.24, 2.45) is 0 Å². The molecule has 2 nitrogen and oxygen atoms in total. The molecule has 0 aromatic heterocycles. The summed E-state index contributed by atoms with van der Waals surface area (Å²) in [6.07, 6.45) is 22.9. The number of carbonyl (C=O) groups excluding carboxylic acids is 2. The van der Waals surface area contributed by atoms with Gasteiger partial charge in [0.05, 0.1) is 6.42 Å². The molecule has 2 heteroatoms. The Bertz CT molecular complexity index is 353. The smallest absolute Gasteiger partial charge is 0.140 e. The van der Waals surface area contributed by atoms with Gasteiger partial charge >= 0.3 is 0 Å². The van der Waals surface area contributed by atoms with E-state index in [1.165, 1.54) is 51.9 Å². The van der Waals surface area contributed by atoms with Crippen LogP contribution in [0.25, 0.3) is 0 Å². The van der Waals surface area contributed by atoms with E-state index in [0.717, 1.165) is 25.7 Å². The van der Waals surface area contributed by atoms with Crippen LogP contribution in [0.3, 0.4) is 0 Å². The van der Waals surface area contributed by atoms with Crippen molar-refractivity contribution < 1.29 is 9.59 Å². The molecule has 0 aliphatic rings. The van der Waals surface area contributed by atoms with Gasteiger partial charge in [0.15, 0.2) is 0 Å². The van der Waals surface area contributed by atoms with Crippen LogP contribution in [-0.2, 0) is 9.59 Å². The van der Waals surface area contributed by atoms with Gasteiger partial charge in [-0.25, -0.2) is 0 Å². The standard InChI is InChI=1S/C21H36O2/c1-3-4-5-6-7-8-9-10-11-12-13-14-15-16-17-18-21(23)19-20(2)22/h7-8,10-11H,3-6,9,12-19H2,1-2H3. The van der Waals surface area contributed by atoms with E-state index in [0.29, 0.717) is 6.42 Å². The molecule has 0 aromatic rings. The molecule has 0 fully saturated rings. The normalized spacial score (nSPS) is 11.6. The van der Waals surface area contributed by atoms with Gasteiger partial charge < -0.3 is 0 Å². The first kappa shape index (κ1) is 21.8. The summed E-state index contributed by atoms with van der Waals surface area (Å²) < 4.78 is 0. The third kappa shape index (κ3) is 18.8. The molecule has 0 aliphatic heterocycles. The van der Waals surface area contributed by atoms with Gasteiger partial charge in [0.2, 0.25) is 0 Å². The fourth-order valence-corrected chi connectivity index (χ4v) is 2.50. The van der Waals surface area contributed by atoms with E-state index in [-0.39, 0.29) is 18.0 Å². The highest BCUT2D eigenvalue weighted by molar-refractivity contribution is 5.97. The van der Waals surface area contributed by atoms with Gasteiger partial charge in [-0.2, -0.15) is 0 Å². The molecule has 0 N–H and O–H groups in total. The van der Waals surface area contributed by atoms with Gasteiger partial charge in [0.25, 0.3) is 0 Å². The molecule has 0 heterocycles. The number of rotatable bonds is 16. The average molecular weight is 321 g/mol. The van der Waals surface area contributed by atoms with Gasteiger partial charge in [-0.15, -0.1) is 0 Å². The fraction of sp³-hybridized carbons (Fsp3) is 0.714. The van der Waals surface area contributed by atoms with Crippen LogP contribution < -0.4 is 0 Å². The molecular formula is C21H36O2. The predicted molar refractivity (Wildman–Crippen MR) is 99.7 cm³/mol. The quantitative estimate of drug-likeness (QED) is 0.189. The minimum atomic E-state index is -0.0161. The number of allylic oxidation sites excluding steroid dienone is 4. The van der Waals surface area contributed by atoms with Crippen LogP contribution in [0.5, 0.6) is 0 Å². The van der Waals surface area contributed by atoms with Gasteiger partial charge in [-0.05, 0) is 45.4 Å². The number of carbonyl (C=O) groups is 2. The van der Waals surface area contributed by atoms with Crippen molar-refractivity contribution in [3.05, 3.63) is 24.3 Å². The highest BCUT2D eigenvalue weighted by Gasteiger charge is 2.04. The third-order valence-corrected chi connectivity index (χ3v) is 3.85. The molecule has 0 aliphatic carbocycles. The van der Waals surface area contributed by atoms with E-state index >= 15 is 0 Å². The number of Topliss-reactive ketones (excluding diaryl/α,β-unsaturated/α-hetero) is 2. The lowest BCUT2D eigenvalue weighted by atomic mass is 10.1. The van der Waals surface area contributed by atoms with Crippen molar-refractivity contribution in [1.29, 1.82) is 0 Å². The Kier molecular flexibility index (Phi) is 16.3. The first-order valence-electron chi connectivity index (χ1n) is 9.48. The molecule has 0 amide bonds. The second-order valence-electron chi connectivity index (χ2n) is 6.40. The second-order valence-corrected chi connectivity index (χ2v) is 6.40. The molecule has 0 spiro atoms. The Hall–Kier alpha value is -1.18.